The lowest BCUT2D eigenvalue weighted by molar-refractivity contribution is -0.121. The lowest BCUT2D eigenvalue weighted by Crippen LogP contribution is -2.48. The van der Waals surface area contributed by atoms with Crippen LogP contribution >= 0.6 is 0 Å². The molecule has 0 spiro atoms. The second-order valence-corrected chi connectivity index (χ2v) is 6.65. The van der Waals surface area contributed by atoms with Gasteiger partial charge in [0.25, 0.3) is 0 Å². The smallest absolute Gasteiger partial charge is 0.239 e. The van der Waals surface area contributed by atoms with Crippen LogP contribution in [-0.4, -0.2) is 47.3 Å². The number of aryl methyl sites for hydroxylation is 3. The van der Waals surface area contributed by atoms with Crippen LogP contribution in [0.3, 0.4) is 0 Å². The van der Waals surface area contributed by atoms with E-state index in [1.807, 2.05) is 32.4 Å². The SMILES string of the molecule is CN=C(NCCCn1nc(C)cc1C)NCC(=O)NC(C)(C)C. The highest BCUT2D eigenvalue weighted by Crippen LogP contribution is 2.02. The molecule has 1 amide bonds. The van der Waals surface area contributed by atoms with Crippen molar-refractivity contribution in [1.29, 1.82) is 0 Å². The fourth-order valence-electron chi connectivity index (χ4n) is 2.18. The van der Waals surface area contributed by atoms with Gasteiger partial charge in [0, 0.05) is 31.4 Å². The Kier molecular flexibility index (Phi) is 7.06. The van der Waals surface area contributed by atoms with Crippen molar-refractivity contribution in [3.63, 3.8) is 0 Å². The molecule has 7 nitrogen and oxygen atoms in total. The molecule has 0 saturated carbocycles. The molecule has 23 heavy (non-hydrogen) atoms. The molecule has 0 unspecified atom stereocenters. The van der Waals surface area contributed by atoms with Crippen molar-refractivity contribution in [1.82, 2.24) is 25.7 Å². The van der Waals surface area contributed by atoms with Gasteiger partial charge in [-0.05, 0) is 47.1 Å². The lowest BCUT2D eigenvalue weighted by Gasteiger charge is -2.21. The fraction of sp³-hybridized carbons (Fsp3) is 0.688. The molecule has 0 aromatic carbocycles. The molecule has 0 saturated heterocycles. The molecule has 7 heteroatoms. The predicted molar refractivity (Wildman–Crippen MR) is 93.6 cm³/mol. The van der Waals surface area contributed by atoms with E-state index in [-0.39, 0.29) is 18.0 Å². The second kappa shape index (κ2) is 8.55. The van der Waals surface area contributed by atoms with Crippen LogP contribution in [-0.2, 0) is 11.3 Å². The highest BCUT2D eigenvalue weighted by Gasteiger charge is 2.13. The quantitative estimate of drug-likeness (QED) is 0.414. The Hall–Kier alpha value is -2.05. The minimum Gasteiger partial charge on any atom is -0.356 e. The first-order chi connectivity index (χ1) is 10.7. The summed E-state index contributed by atoms with van der Waals surface area (Å²) >= 11 is 0. The van der Waals surface area contributed by atoms with Crippen molar-refractivity contribution < 1.29 is 4.79 Å². The van der Waals surface area contributed by atoms with Crippen molar-refractivity contribution in [2.75, 3.05) is 20.1 Å². The number of nitrogens with one attached hydrogen (secondary N) is 3. The van der Waals surface area contributed by atoms with E-state index >= 15 is 0 Å². The summed E-state index contributed by atoms with van der Waals surface area (Å²) in [6, 6.07) is 2.07. The first kappa shape index (κ1) is 19.0. The molecule has 130 valence electrons. The van der Waals surface area contributed by atoms with Crippen molar-refractivity contribution in [2.45, 2.75) is 53.1 Å². The maximum atomic E-state index is 11.8. The van der Waals surface area contributed by atoms with Crippen LogP contribution in [0.25, 0.3) is 0 Å². The van der Waals surface area contributed by atoms with Crippen LogP contribution < -0.4 is 16.0 Å². The molecule has 0 aliphatic heterocycles. The van der Waals surface area contributed by atoms with Gasteiger partial charge >= 0.3 is 0 Å². The highest BCUT2D eigenvalue weighted by atomic mass is 16.2. The number of nitrogens with zero attached hydrogens (tertiary/aromatic N) is 3. The Morgan fingerprint density at radius 3 is 2.52 bits per heavy atom. The van der Waals surface area contributed by atoms with Crippen molar-refractivity contribution in [3.05, 3.63) is 17.5 Å². The van der Waals surface area contributed by atoms with Gasteiger partial charge in [-0.1, -0.05) is 0 Å². The van der Waals surface area contributed by atoms with E-state index in [2.05, 4.69) is 39.0 Å². The molecule has 0 radical (unpaired) electrons. The standard InChI is InChI=1S/C16H30N6O/c1-12-10-13(2)22(21-12)9-7-8-18-15(17-6)19-11-14(23)20-16(3,4)5/h10H,7-9,11H2,1-6H3,(H,20,23)(H2,17,18,19). The molecule has 3 N–H and O–H groups in total. The molecule has 0 aliphatic rings. The van der Waals surface area contributed by atoms with Gasteiger partial charge in [0.2, 0.25) is 5.91 Å². The Balaban J connectivity index is 2.27. The molecule has 1 aromatic rings. The van der Waals surface area contributed by atoms with E-state index in [1.165, 1.54) is 5.69 Å². The zero-order valence-corrected chi connectivity index (χ0v) is 15.2. The van der Waals surface area contributed by atoms with Crippen molar-refractivity contribution in [3.8, 4) is 0 Å². The minimum absolute atomic E-state index is 0.0527. The summed E-state index contributed by atoms with van der Waals surface area (Å²) in [6.07, 6.45) is 0.927. The first-order valence-corrected chi connectivity index (χ1v) is 7.98. The molecular formula is C16H30N6O. The van der Waals surface area contributed by atoms with Crippen LogP contribution in [0.5, 0.6) is 0 Å². The Morgan fingerprint density at radius 2 is 2.00 bits per heavy atom. The van der Waals surface area contributed by atoms with Crippen molar-refractivity contribution in [2.24, 2.45) is 4.99 Å². The summed E-state index contributed by atoms with van der Waals surface area (Å²) in [5, 5.41) is 13.5. The predicted octanol–water partition coefficient (Wildman–Crippen LogP) is 0.970. The number of rotatable bonds is 6. The lowest BCUT2D eigenvalue weighted by atomic mass is 10.1. The highest BCUT2D eigenvalue weighted by molar-refractivity contribution is 5.86. The van der Waals surface area contributed by atoms with Crippen LogP contribution in [0.1, 0.15) is 38.6 Å². The Labute approximate surface area is 138 Å². The summed E-state index contributed by atoms with van der Waals surface area (Å²) in [4.78, 5) is 15.9. The minimum atomic E-state index is -0.227. The number of carbonyl (C=O) groups is 1. The zero-order valence-electron chi connectivity index (χ0n) is 15.2. The number of aliphatic imine (C=N–C) groups is 1. The third-order valence-corrected chi connectivity index (χ3v) is 3.10. The van der Waals surface area contributed by atoms with E-state index in [0.717, 1.165) is 25.2 Å². The van der Waals surface area contributed by atoms with Crippen LogP contribution in [0.2, 0.25) is 0 Å². The molecule has 0 fully saturated rings. The number of amides is 1. The number of hydrogen-bond acceptors (Lipinski definition) is 3. The third kappa shape index (κ3) is 7.67. The van der Waals surface area contributed by atoms with Gasteiger partial charge in [-0.15, -0.1) is 0 Å². The largest absolute Gasteiger partial charge is 0.356 e. The number of carbonyl (C=O) groups excluding carboxylic acids is 1. The average molecular weight is 322 g/mol. The summed E-state index contributed by atoms with van der Waals surface area (Å²) in [6.45, 7) is 11.7. The van der Waals surface area contributed by atoms with E-state index in [1.54, 1.807) is 7.05 Å². The maximum Gasteiger partial charge on any atom is 0.239 e. The van der Waals surface area contributed by atoms with Gasteiger partial charge in [0.1, 0.15) is 0 Å². The first-order valence-electron chi connectivity index (χ1n) is 7.98. The topological polar surface area (TPSA) is 83.3 Å². The van der Waals surface area contributed by atoms with E-state index < -0.39 is 0 Å². The zero-order chi connectivity index (χ0) is 17.5. The number of aromatic nitrogens is 2. The molecule has 0 aliphatic carbocycles. The number of hydrogen-bond donors (Lipinski definition) is 3. The monoisotopic (exact) mass is 322 g/mol. The Morgan fingerprint density at radius 1 is 1.30 bits per heavy atom. The van der Waals surface area contributed by atoms with E-state index in [4.69, 9.17) is 0 Å². The molecule has 0 atom stereocenters. The van der Waals surface area contributed by atoms with E-state index in [9.17, 15) is 4.79 Å². The summed E-state index contributed by atoms with van der Waals surface area (Å²) < 4.78 is 2.00. The van der Waals surface area contributed by atoms with Gasteiger partial charge in [-0.2, -0.15) is 5.10 Å². The van der Waals surface area contributed by atoms with E-state index in [0.29, 0.717) is 5.96 Å². The molecular weight excluding hydrogens is 292 g/mol. The Bertz CT molecular complexity index is 541. The fourth-order valence-corrected chi connectivity index (χ4v) is 2.18. The molecule has 1 heterocycles. The van der Waals surface area contributed by atoms with Gasteiger partial charge < -0.3 is 16.0 Å². The summed E-state index contributed by atoms with van der Waals surface area (Å²) in [5.74, 6) is 0.575. The van der Waals surface area contributed by atoms with Crippen LogP contribution in [0.15, 0.2) is 11.1 Å². The summed E-state index contributed by atoms with van der Waals surface area (Å²) in [5.41, 5.74) is 1.98. The van der Waals surface area contributed by atoms with Gasteiger partial charge in [-0.3, -0.25) is 14.5 Å². The summed E-state index contributed by atoms with van der Waals surface area (Å²) in [7, 11) is 1.69. The van der Waals surface area contributed by atoms with Gasteiger partial charge in [-0.25, -0.2) is 0 Å². The van der Waals surface area contributed by atoms with Gasteiger partial charge in [0.15, 0.2) is 5.96 Å². The third-order valence-electron chi connectivity index (χ3n) is 3.10. The van der Waals surface area contributed by atoms with Gasteiger partial charge in [0.05, 0.1) is 12.2 Å². The normalized spacial score (nSPS) is 12.2. The van der Waals surface area contributed by atoms with Crippen LogP contribution in [0, 0.1) is 13.8 Å². The molecule has 0 bridgehead atoms. The second-order valence-electron chi connectivity index (χ2n) is 6.65. The maximum absolute atomic E-state index is 11.8. The average Bonchev–Trinajstić information content (AvgIpc) is 2.74. The molecule has 1 rings (SSSR count). The molecule has 1 aromatic heterocycles. The number of guanidine groups is 1. The van der Waals surface area contributed by atoms with Crippen molar-refractivity contribution >= 4 is 11.9 Å². The van der Waals surface area contributed by atoms with Crippen LogP contribution in [0.4, 0.5) is 0 Å².